The van der Waals surface area contributed by atoms with Crippen molar-refractivity contribution in [2.24, 2.45) is 34.5 Å². The summed E-state index contributed by atoms with van der Waals surface area (Å²) in [6.45, 7) is 10.3. The van der Waals surface area contributed by atoms with Gasteiger partial charge in [0, 0.05) is 0 Å². The molecule has 0 spiro atoms. The van der Waals surface area contributed by atoms with Crippen LogP contribution in [0.15, 0.2) is 0 Å². The maximum absolute atomic E-state index is 2.63. The molecule has 0 nitrogen and oxygen atoms in total. The molecule has 3 fully saturated rings. The van der Waals surface area contributed by atoms with Crippen LogP contribution >= 0.6 is 0 Å². The van der Waals surface area contributed by atoms with Crippen LogP contribution in [-0.4, -0.2) is 0 Å². The fraction of sp³-hybridized carbons (Fsp3) is 1.00. The number of rotatable bonds is 0. The minimum atomic E-state index is 0.685. The maximum Gasteiger partial charge on any atom is -0.0287 e. The highest BCUT2D eigenvalue weighted by Crippen LogP contribution is 2.67. The van der Waals surface area contributed by atoms with E-state index >= 15 is 0 Å². The molecule has 0 aromatic heterocycles. The second-order valence-corrected chi connectivity index (χ2v) is 8.33. The quantitative estimate of drug-likeness (QED) is 0.535. The molecule has 2 bridgehead atoms. The largest absolute Gasteiger partial charge is 0.0623 e. The summed E-state index contributed by atoms with van der Waals surface area (Å²) in [7, 11) is 0. The van der Waals surface area contributed by atoms with E-state index in [0.29, 0.717) is 10.8 Å². The fourth-order valence-corrected chi connectivity index (χ4v) is 6.09. The highest BCUT2D eigenvalue weighted by Gasteiger charge is 2.58. The summed E-state index contributed by atoms with van der Waals surface area (Å²) in [5.74, 6) is 4.04. The summed E-state index contributed by atoms with van der Waals surface area (Å²) in [6, 6.07) is 0. The van der Waals surface area contributed by atoms with Crippen molar-refractivity contribution in [2.45, 2.75) is 72.6 Å². The Hall–Kier alpha value is 0. The molecule has 17 heavy (non-hydrogen) atoms. The lowest BCUT2D eigenvalue weighted by Crippen LogP contribution is -2.29. The van der Waals surface area contributed by atoms with E-state index in [-0.39, 0.29) is 0 Å². The van der Waals surface area contributed by atoms with Crippen LogP contribution in [0.2, 0.25) is 0 Å². The summed E-state index contributed by atoms with van der Waals surface area (Å²) in [5.41, 5.74) is 1.38. The summed E-state index contributed by atoms with van der Waals surface area (Å²) in [4.78, 5) is 0. The van der Waals surface area contributed by atoms with Crippen molar-refractivity contribution in [3.8, 4) is 0 Å². The van der Waals surface area contributed by atoms with Gasteiger partial charge in [-0.15, -0.1) is 0 Å². The van der Waals surface area contributed by atoms with Gasteiger partial charge in [0.15, 0.2) is 0 Å². The Morgan fingerprint density at radius 3 is 2.18 bits per heavy atom. The molecule has 0 N–H and O–H groups in total. The van der Waals surface area contributed by atoms with E-state index in [9.17, 15) is 0 Å². The fourth-order valence-electron chi connectivity index (χ4n) is 6.09. The predicted molar refractivity (Wildman–Crippen MR) is 73.8 cm³/mol. The highest BCUT2D eigenvalue weighted by molar-refractivity contribution is 5.08. The first-order chi connectivity index (χ1) is 7.95. The molecule has 0 radical (unpaired) electrons. The first kappa shape index (κ1) is 12.1. The molecule has 3 aliphatic rings. The summed E-state index contributed by atoms with van der Waals surface area (Å²) in [6.07, 6.45) is 10.6. The Kier molecular flexibility index (Phi) is 2.66. The van der Waals surface area contributed by atoms with Gasteiger partial charge in [0.2, 0.25) is 0 Å². The van der Waals surface area contributed by atoms with Crippen LogP contribution in [0.5, 0.6) is 0 Å². The van der Waals surface area contributed by atoms with E-state index in [1.54, 1.807) is 6.42 Å². The second-order valence-electron chi connectivity index (χ2n) is 8.33. The first-order valence-electron chi connectivity index (χ1n) is 7.95. The van der Waals surface area contributed by atoms with Crippen LogP contribution in [0.3, 0.4) is 0 Å². The Bertz CT molecular complexity index is 307. The highest BCUT2D eigenvalue weighted by atomic mass is 14.6. The van der Waals surface area contributed by atoms with Gasteiger partial charge in [-0.2, -0.15) is 0 Å². The van der Waals surface area contributed by atoms with Gasteiger partial charge in [-0.1, -0.05) is 34.1 Å². The molecule has 6 atom stereocenters. The van der Waals surface area contributed by atoms with Gasteiger partial charge >= 0.3 is 0 Å². The average molecular weight is 234 g/mol. The zero-order valence-corrected chi connectivity index (χ0v) is 12.3. The molecule has 0 aromatic carbocycles. The van der Waals surface area contributed by atoms with Crippen LogP contribution < -0.4 is 0 Å². The third kappa shape index (κ3) is 1.70. The van der Waals surface area contributed by atoms with Crippen molar-refractivity contribution in [3.05, 3.63) is 0 Å². The van der Waals surface area contributed by atoms with Gasteiger partial charge in [-0.3, -0.25) is 0 Å². The monoisotopic (exact) mass is 234 g/mol. The van der Waals surface area contributed by atoms with Crippen molar-refractivity contribution >= 4 is 0 Å². The molecule has 0 aliphatic heterocycles. The van der Waals surface area contributed by atoms with Crippen molar-refractivity contribution in [1.29, 1.82) is 0 Å². The Labute approximate surface area is 108 Å². The molecule has 6 unspecified atom stereocenters. The minimum Gasteiger partial charge on any atom is -0.0623 e. The molecule has 98 valence electrons. The van der Waals surface area contributed by atoms with E-state index in [0.717, 1.165) is 23.7 Å². The molecule has 3 saturated carbocycles. The lowest BCUT2D eigenvalue weighted by Gasteiger charge is -2.39. The number of hydrogen-bond donors (Lipinski definition) is 0. The van der Waals surface area contributed by atoms with Crippen molar-refractivity contribution in [2.75, 3.05) is 0 Å². The summed E-state index contributed by atoms with van der Waals surface area (Å²) >= 11 is 0. The minimum absolute atomic E-state index is 0.685. The summed E-state index contributed by atoms with van der Waals surface area (Å²) < 4.78 is 0. The van der Waals surface area contributed by atoms with Gasteiger partial charge < -0.3 is 0 Å². The number of fused-ring (bicyclic) bond motifs is 5. The van der Waals surface area contributed by atoms with Crippen molar-refractivity contribution in [1.82, 2.24) is 0 Å². The Balaban J connectivity index is 1.95. The van der Waals surface area contributed by atoms with Gasteiger partial charge in [0.05, 0.1) is 0 Å². The van der Waals surface area contributed by atoms with Gasteiger partial charge in [-0.25, -0.2) is 0 Å². The lowest BCUT2D eigenvalue weighted by molar-refractivity contribution is 0.113. The van der Waals surface area contributed by atoms with E-state index in [2.05, 4.69) is 27.7 Å². The Morgan fingerprint density at radius 1 is 0.824 bits per heavy atom. The van der Waals surface area contributed by atoms with E-state index in [1.807, 2.05) is 0 Å². The molecule has 3 aliphatic carbocycles. The zero-order chi connectivity index (χ0) is 12.3. The van der Waals surface area contributed by atoms with Crippen LogP contribution in [0.4, 0.5) is 0 Å². The van der Waals surface area contributed by atoms with Crippen molar-refractivity contribution in [3.63, 3.8) is 0 Å². The maximum atomic E-state index is 2.63. The first-order valence-corrected chi connectivity index (χ1v) is 7.95. The third-order valence-corrected chi connectivity index (χ3v) is 7.04. The topological polar surface area (TPSA) is 0 Å². The molecule has 0 amide bonds. The molecule has 0 aromatic rings. The zero-order valence-electron chi connectivity index (χ0n) is 12.3. The molecule has 0 heterocycles. The Morgan fingerprint density at radius 2 is 1.47 bits per heavy atom. The molecular weight excluding hydrogens is 204 g/mol. The standard InChI is InChI=1S/C17H30/c1-12-8-9-16(3)11-17(4,10-13(12)2)15-7-5-6-14(15)16/h12-15H,5-11H2,1-4H3. The molecular formula is C17H30. The predicted octanol–water partition coefficient (Wildman–Crippen LogP) is 5.28. The van der Waals surface area contributed by atoms with E-state index < -0.39 is 0 Å². The van der Waals surface area contributed by atoms with E-state index in [4.69, 9.17) is 0 Å². The van der Waals surface area contributed by atoms with E-state index in [1.165, 1.54) is 38.5 Å². The molecule has 3 rings (SSSR count). The van der Waals surface area contributed by atoms with Crippen LogP contribution in [-0.2, 0) is 0 Å². The summed E-state index contributed by atoms with van der Waals surface area (Å²) in [5, 5.41) is 0. The molecule has 0 heteroatoms. The smallest absolute Gasteiger partial charge is 0.0287 e. The van der Waals surface area contributed by atoms with Gasteiger partial charge in [0.25, 0.3) is 0 Å². The third-order valence-electron chi connectivity index (χ3n) is 7.04. The average Bonchev–Trinajstić information content (AvgIpc) is 2.80. The second kappa shape index (κ2) is 3.75. The van der Waals surface area contributed by atoms with Gasteiger partial charge in [-0.05, 0) is 73.0 Å². The van der Waals surface area contributed by atoms with Crippen molar-refractivity contribution < 1.29 is 0 Å². The normalized spacial score (nSPS) is 58.6. The number of hydrogen-bond acceptors (Lipinski definition) is 0. The molecule has 0 saturated heterocycles. The lowest BCUT2D eigenvalue weighted by atomic mass is 9.66. The van der Waals surface area contributed by atoms with Crippen LogP contribution in [0.1, 0.15) is 72.6 Å². The van der Waals surface area contributed by atoms with Crippen LogP contribution in [0.25, 0.3) is 0 Å². The van der Waals surface area contributed by atoms with Gasteiger partial charge in [0.1, 0.15) is 0 Å². The SMILES string of the molecule is CC1CCC2(C)CC(C)(CC1C)C1CCCC12. The van der Waals surface area contributed by atoms with Crippen LogP contribution in [0, 0.1) is 34.5 Å².